The fourth-order valence-electron chi connectivity index (χ4n) is 1.69. The SMILES string of the molecule is CCCNCc1ccc(Sc2nccs2)cc1C. The molecule has 2 nitrogen and oxygen atoms in total. The summed E-state index contributed by atoms with van der Waals surface area (Å²) in [6, 6.07) is 6.64. The van der Waals surface area contributed by atoms with Crippen LogP contribution in [0.15, 0.2) is 39.0 Å². The largest absolute Gasteiger partial charge is 0.313 e. The summed E-state index contributed by atoms with van der Waals surface area (Å²) >= 11 is 3.42. The van der Waals surface area contributed by atoms with E-state index in [0.717, 1.165) is 17.4 Å². The van der Waals surface area contributed by atoms with E-state index in [1.807, 2.05) is 11.6 Å². The Morgan fingerprint density at radius 2 is 2.28 bits per heavy atom. The lowest BCUT2D eigenvalue weighted by atomic mass is 10.1. The van der Waals surface area contributed by atoms with Gasteiger partial charge < -0.3 is 5.32 Å². The van der Waals surface area contributed by atoms with Crippen molar-refractivity contribution >= 4 is 23.1 Å². The standard InChI is InChI=1S/C14H18N2S2/c1-3-6-15-10-12-4-5-13(9-11(12)2)18-14-16-7-8-17-14/h4-5,7-9,15H,3,6,10H2,1-2H3. The van der Waals surface area contributed by atoms with Crippen molar-refractivity contribution in [2.75, 3.05) is 6.54 Å². The molecular formula is C14H18N2S2. The Labute approximate surface area is 117 Å². The predicted octanol–water partition coefficient (Wildman–Crippen LogP) is 4.10. The van der Waals surface area contributed by atoms with E-state index in [4.69, 9.17) is 0 Å². The molecule has 0 amide bonds. The molecule has 0 aliphatic rings. The number of nitrogens with zero attached hydrogens (tertiary/aromatic N) is 1. The van der Waals surface area contributed by atoms with Crippen LogP contribution in [0.25, 0.3) is 0 Å². The van der Waals surface area contributed by atoms with Crippen molar-refractivity contribution in [1.29, 1.82) is 0 Å². The van der Waals surface area contributed by atoms with Crippen molar-refractivity contribution < 1.29 is 0 Å². The van der Waals surface area contributed by atoms with E-state index in [1.165, 1.54) is 22.4 Å². The van der Waals surface area contributed by atoms with Crippen LogP contribution in [-0.4, -0.2) is 11.5 Å². The van der Waals surface area contributed by atoms with Gasteiger partial charge in [0.05, 0.1) is 0 Å². The summed E-state index contributed by atoms with van der Waals surface area (Å²) in [5.74, 6) is 0. The smallest absolute Gasteiger partial charge is 0.154 e. The Bertz CT molecular complexity index is 481. The molecule has 1 N–H and O–H groups in total. The zero-order valence-electron chi connectivity index (χ0n) is 10.8. The third-order valence-corrected chi connectivity index (χ3v) is 4.54. The molecule has 0 unspecified atom stereocenters. The Kier molecular flexibility index (Phi) is 5.23. The van der Waals surface area contributed by atoms with Gasteiger partial charge in [-0.05, 0) is 43.1 Å². The summed E-state index contributed by atoms with van der Waals surface area (Å²) < 4.78 is 1.10. The first kappa shape index (κ1) is 13.6. The normalized spacial score (nSPS) is 10.8. The van der Waals surface area contributed by atoms with E-state index >= 15 is 0 Å². The summed E-state index contributed by atoms with van der Waals surface area (Å²) in [6.45, 7) is 6.40. The number of aryl methyl sites for hydroxylation is 1. The number of rotatable bonds is 6. The first-order valence-electron chi connectivity index (χ1n) is 6.17. The van der Waals surface area contributed by atoms with Crippen LogP contribution in [0.1, 0.15) is 24.5 Å². The van der Waals surface area contributed by atoms with Gasteiger partial charge in [0.2, 0.25) is 0 Å². The highest BCUT2D eigenvalue weighted by Gasteiger charge is 2.03. The number of hydrogen-bond donors (Lipinski definition) is 1. The van der Waals surface area contributed by atoms with E-state index in [0.29, 0.717) is 0 Å². The van der Waals surface area contributed by atoms with E-state index in [9.17, 15) is 0 Å². The summed E-state index contributed by atoms with van der Waals surface area (Å²) in [5, 5.41) is 5.45. The molecule has 2 rings (SSSR count). The highest BCUT2D eigenvalue weighted by molar-refractivity contribution is 8.01. The number of thiazole rings is 1. The van der Waals surface area contributed by atoms with Gasteiger partial charge in [0.1, 0.15) is 0 Å². The maximum absolute atomic E-state index is 4.29. The third kappa shape index (κ3) is 3.83. The minimum absolute atomic E-state index is 0.960. The summed E-state index contributed by atoms with van der Waals surface area (Å²) in [4.78, 5) is 5.56. The van der Waals surface area contributed by atoms with Crippen molar-refractivity contribution in [3.63, 3.8) is 0 Å². The molecule has 1 heterocycles. The van der Waals surface area contributed by atoms with Crippen molar-refractivity contribution in [3.05, 3.63) is 40.9 Å². The van der Waals surface area contributed by atoms with Gasteiger partial charge in [-0.25, -0.2) is 4.98 Å². The molecule has 4 heteroatoms. The maximum atomic E-state index is 4.29. The second kappa shape index (κ2) is 6.92. The molecule has 2 aromatic rings. The maximum Gasteiger partial charge on any atom is 0.154 e. The predicted molar refractivity (Wildman–Crippen MR) is 79.4 cm³/mol. The number of aromatic nitrogens is 1. The van der Waals surface area contributed by atoms with Gasteiger partial charge in [0.15, 0.2) is 4.34 Å². The Morgan fingerprint density at radius 3 is 2.94 bits per heavy atom. The average molecular weight is 278 g/mol. The second-order valence-corrected chi connectivity index (χ2v) is 6.38. The quantitative estimate of drug-likeness (QED) is 0.805. The van der Waals surface area contributed by atoms with Crippen LogP contribution in [0.2, 0.25) is 0 Å². The molecule has 96 valence electrons. The fraction of sp³-hybridized carbons (Fsp3) is 0.357. The van der Waals surface area contributed by atoms with Gasteiger partial charge in [-0.2, -0.15) is 0 Å². The molecule has 0 fully saturated rings. The molecule has 1 aromatic carbocycles. The summed E-state index contributed by atoms with van der Waals surface area (Å²) in [6.07, 6.45) is 3.03. The van der Waals surface area contributed by atoms with Gasteiger partial charge in [-0.3, -0.25) is 0 Å². The number of nitrogens with one attached hydrogen (secondary N) is 1. The lowest BCUT2D eigenvalue weighted by molar-refractivity contribution is 0.673. The van der Waals surface area contributed by atoms with Crippen molar-refractivity contribution in [1.82, 2.24) is 10.3 Å². The molecule has 1 aromatic heterocycles. The lowest BCUT2D eigenvalue weighted by Gasteiger charge is -2.08. The Morgan fingerprint density at radius 1 is 1.39 bits per heavy atom. The number of hydrogen-bond acceptors (Lipinski definition) is 4. The molecule has 0 spiro atoms. The van der Waals surface area contributed by atoms with Crippen LogP contribution < -0.4 is 5.32 Å². The topological polar surface area (TPSA) is 24.9 Å². The van der Waals surface area contributed by atoms with Crippen molar-refractivity contribution in [2.24, 2.45) is 0 Å². The van der Waals surface area contributed by atoms with Crippen LogP contribution in [-0.2, 0) is 6.54 Å². The van der Waals surface area contributed by atoms with Crippen LogP contribution in [0.3, 0.4) is 0 Å². The zero-order valence-corrected chi connectivity index (χ0v) is 12.4. The Hall–Kier alpha value is -0.840. The lowest BCUT2D eigenvalue weighted by Crippen LogP contribution is -2.14. The van der Waals surface area contributed by atoms with Crippen LogP contribution in [0, 0.1) is 6.92 Å². The highest BCUT2D eigenvalue weighted by atomic mass is 32.2. The van der Waals surface area contributed by atoms with E-state index in [2.05, 4.69) is 42.3 Å². The molecule has 0 atom stereocenters. The van der Waals surface area contributed by atoms with Gasteiger partial charge in [-0.1, -0.05) is 24.8 Å². The van der Waals surface area contributed by atoms with Crippen LogP contribution in [0.5, 0.6) is 0 Å². The average Bonchev–Trinajstić information content (AvgIpc) is 2.85. The molecule has 0 aliphatic carbocycles. The highest BCUT2D eigenvalue weighted by Crippen LogP contribution is 2.30. The number of benzene rings is 1. The summed E-state index contributed by atoms with van der Waals surface area (Å²) in [7, 11) is 0. The van der Waals surface area contributed by atoms with Gasteiger partial charge in [0.25, 0.3) is 0 Å². The van der Waals surface area contributed by atoms with Crippen LogP contribution in [0.4, 0.5) is 0 Å². The van der Waals surface area contributed by atoms with Crippen molar-refractivity contribution in [2.45, 2.75) is 36.0 Å². The van der Waals surface area contributed by atoms with Gasteiger partial charge in [-0.15, -0.1) is 11.3 Å². The monoisotopic (exact) mass is 278 g/mol. The minimum atomic E-state index is 0.960. The molecular weight excluding hydrogens is 260 g/mol. The molecule has 0 aliphatic heterocycles. The molecule has 0 bridgehead atoms. The van der Waals surface area contributed by atoms with E-state index in [1.54, 1.807) is 23.1 Å². The minimum Gasteiger partial charge on any atom is -0.313 e. The molecule has 0 radical (unpaired) electrons. The van der Waals surface area contributed by atoms with Crippen molar-refractivity contribution in [3.8, 4) is 0 Å². The molecule has 0 saturated heterocycles. The van der Waals surface area contributed by atoms with Crippen LogP contribution >= 0.6 is 23.1 Å². The summed E-state index contributed by atoms with van der Waals surface area (Å²) in [5.41, 5.74) is 2.73. The second-order valence-electron chi connectivity index (χ2n) is 4.17. The fourth-order valence-corrected chi connectivity index (χ4v) is 3.39. The first-order valence-corrected chi connectivity index (χ1v) is 7.87. The van der Waals surface area contributed by atoms with Gasteiger partial charge >= 0.3 is 0 Å². The third-order valence-electron chi connectivity index (χ3n) is 2.67. The zero-order chi connectivity index (χ0) is 12.8. The van der Waals surface area contributed by atoms with Gasteiger partial charge in [0, 0.05) is 23.0 Å². The molecule has 0 saturated carbocycles. The van der Waals surface area contributed by atoms with E-state index in [-0.39, 0.29) is 0 Å². The Balaban J connectivity index is 2.00. The first-order chi connectivity index (χ1) is 8.79. The van der Waals surface area contributed by atoms with E-state index < -0.39 is 0 Å². The molecule has 18 heavy (non-hydrogen) atoms.